The summed E-state index contributed by atoms with van der Waals surface area (Å²) < 4.78 is 9.41. The van der Waals surface area contributed by atoms with Crippen LogP contribution < -0.4 is 5.32 Å². The highest BCUT2D eigenvalue weighted by Gasteiger charge is 2.17. The van der Waals surface area contributed by atoms with Crippen molar-refractivity contribution in [3.63, 3.8) is 0 Å². The highest BCUT2D eigenvalue weighted by molar-refractivity contribution is 6.03. The molecule has 1 amide bonds. The number of hydrogen-bond donors (Lipinski definition) is 1. The van der Waals surface area contributed by atoms with Crippen molar-refractivity contribution in [2.45, 2.75) is 26.7 Å². The Hall–Kier alpha value is -3.15. The van der Waals surface area contributed by atoms with Gasteiger partial charge < -0.3 is 14.8 Å². The summed E-state index contributed by atoms with van der Waals surface area (Å²) in [5.74, 6) is -1.42. The maximum atomic E-state index is 12.4. The predicted octanol–water partition coefficient (Wildman–Crippen LogP) is 3.45. The van der Waals surface area contributed by atoms with Crippen LogP contribution in [-0.2, 0) is 20.7 Å². The summed E-state index contributed by atoms with van der Waals surface area (Å²) >= 11 is 0. The molecule has 6 nitrogen and oxygen atoms in total. The van der Waals surface area contributed by atoms with Gasteiger partial charge in [0.05, 0.1) is 31.0 Å². The molecular weight excluding hydrogens is 346 g/mol. The maximum Gasteiger partial charge on any atom is 0.339 e. The lowest BCUT2D eigenvalue weighted by molar-refractivity contribution is -0.116. The first-order chi connectivity index (χ1) is 12.8. The van der Waals surface area contributed by atoms with Gasteiger partial charge in [0.1, 0.15) is 0 Å². The number of carbonyl (C=O) groups excluding carboxylic acids is 3. The van der Waals surface area contributed by atoms with Crippen LogP contribution in [0.25, 0.3) is 0 Å². The minimum Gasteiger partial charge on any atom is -0.465 e. The number of esters is 2. The average molecular weight is 369 g/mol. The molecule has 0 radical (unpaired) electrons. The van der Waals surface area contributed by atoms with Gasteiger partial charge in [-0.15, -0.1) is 0 Å². The van der Waals surface area contributed by atoms with E-state index in [9.17, 15) is 14.4 Å². The van der Waals surface area contributed by atoms with Crippen LogP contribution in [-0.4, -0.2) is 32.1 Å². The Bertz CT molecular complexity index is 873. The smallest absolute Gasteiger partial charge is 0.339 e. The number of carbonyl (C=O) groups is 3. The number of anilines is 1. The molecule has 0 aliphatic rings. The Morgan fingerprint density at radius 3 is 2.22 bits per heavy atom. The molecule has 142 valence electrons. The summed E-state index contributed by atoms with van der Waals surface area (Å²) in [6, 6.07) is 10.4. The number of hydrogen-bond acceptors (Lipinski definition) is 5. The molecule has 27 heavy (non-hydrogen) atoms. The molecule has 0 bridgehead atoms. The maximum absolute atomic E-state index is 12.4. The van der Waals surface area contributed by atoms with Crippen molar-refractivity contribution < 1.29 is 23.9 Å². The lowest BCUT2D eigenvalue weighted by atomic mass is 10.0. The zero-order valence-electron chi connectivity index (χ0n) is 15.9. The molecule has 2 rings (SSSR count). The quantitative estimate of drug-likeness (QED) is 0.789. The van der Waals surface area contributed by atoms with Crippen molar-refractivity contribution in [3.05, 3.63) is 64.2 Å². The fourth-order valence-corrected chi connectivity index (χ4v) is 2.61. The van der Waals surface area contributed by atoms with E-state index in [0.29, 0.717) is 6.42 Å². The number of methoxy groups -OCH3 is 2. The molecule has 0 unspecified atom stereocenters. The van der Waals surface area contributed by atoms with Crippen LogP contribution in [0.4, 0.5) is 5.69 Å². The largest absolute Gasteiger partial charge is 0.465 e. The Balaban J connectivity index is 2.15. The van der Waals surface area contributed by atoms with E-state index in [1.54, 1.807) is 0 Å². The van der Waals surface area contributed by atoms with E-state index in [1.807, 2.05) is 26.0 Å². The van der Waals surface area contributed by atoms with Crippen LogP contribution in [0.15, 0.2) is 36.4 Å². The van der Waals surface area contributed by atoms with Gasteiger partial charge in [0.25, 0.3) is 0 Å². The van der Waals surface area contributed by atoms with Gasteiger partial charge in [0, 0.05) is 6.42 Å². The molecule has 0 saturated carbocycles. The SMILES string of the molecule is COC(=O)c1ccc(C(=O)OC)c(NC(=O)CCc2ccc(C)c(C)c2)c1. The van der Waals surface area contributed by atoms with Gasteiger partial charge in [-0.05, 0) is 55.2 Å². The molecule has 0 aliphatic heterocycles. The van der Waals surface area contributed by atoms with E-state index in [-0.39, 0.29) is 29.1 Å². The summed E-state index contributed by atoms with van der Waals surface area (Å²) in [7, 11) is 2.51. The zero-order valence-corrected chi connectivity index (χ0v) is 15.9. The van der Waals surface area contributed by atoms with Gasteiger partial charge in [-0.3, -0.25) is 4.79 Å². The highest BCUT2D eigenvalue weighted by atomic mass is 16.5. The second-order valence-corrected chi connectivity index (χ2v) is 6.21. The standard InChI is InChI=1S/C21H23NO5/c1-13-5-6-15(11-14(13)2)7-10-19(23)22-18-12-16(20(24)26-3)8-9-17(18)21(25)27-4/h5-6,8-9,11-12H,7,10H2,1-4H3,(H,22,23). The Kier molecular flexibility index (Phi) is 6.71. The molecular formula is C21H23NO5. The van der Waals surface area contributed by atoms with E-state index in [1.165, 1.54) is 43.5 Å². The van der Waals surface area contributed by atoms with Crippen LogP contribution >= 0.6 is 0 Å². The number of rotatable bonds is 6. The first kappa shape index (κ1) is 20.2. The monoisotopic (exact) mass is 369 g/mol. The Morgan fingerprint density at radius 2 is 1.59 bits per heavy atom. The molecule has 0 atom stereocenters. The van der Waals surface area contributed by atoms with Crippen LogP contribution in [0.3, 0.4) is 0 Å². The van der Waals surface area contributed by atoms with Gasteiger partial charge in [0.15, 0.2) is 0 Å². The molecule has 6 heteroatoms. The van der Waals surface area contributed by atoms with Crippen LogP contribution in [0.2, 0.25) is 0 Å². The number of ether oxygens (including phenoxy) is 2. The van der Waals surface area contributed by atoms with Gasteiger partial charge in [-0.25, -0.2) is 9.59 Å². The number of aryl methyl sites for hydroxylation is 3. The average Bonchev–Trinajstić information content (AvgIpc) is 2.67. The van der Waals surface area contributed by atoms with Crippen molar-refractivity contribution in [3.8, 4) is 0 Å². The van der Waals surface area contributed by atoms with Crippen molar-refractivity contribution >= 4 is 23.5 Å². The van der Waals surface area contributed by atoms with Crippen molar-refractivity contribution in [1.82, 2.24) is 0 Å². The molecule has 0 fully saturated rings. The predicted molar refractivity (Wildman–Crippen MR) is 102 cm³/mol. The minimum atomic E-state index is -0.601. The number of amides is 1. The minimum absolute atomic E-state index is 0.171. The second kappa shape index (κ2) is 8.98. The van der Waals surface area contributed by atoms with Crippen molar-refractivity contribution in [1.29, 1.82) is 0 Å². The fraction of sp³-hybridized carbons (Fsp3) is 0.286. The van der Waals surface area contributed by atoms with Gasteiger partial charge >= 0.3 is 11.9 Å². The third kappa shape index (κ3) is 5.17. The third-order valence-electron chi connectivity index (χ3n) is 4.33. The van der Waals surface area contributed by atoms with Crippen molar-refractivity contribution in [2.75, 3.05) is 19.5 Å². The second-order valence-electron chi connectivity index (χ2n) is 6.21. The van der Waals surface area contributed by atoms with Gasteiger partial charge in [-0.1, -0.05) is 18.2 Å². The van der Waals surface area contributed by atoms with E-state index in [0.717, 1.165) is 5.56 Å². The summed E-state index contributed by atoms with van der Waals surface area (Å²) in [4.78, 5) is 36.0. The third-order valence-corrected chi connectivity index (χ3v) is 4.33. The molecule has 0 aromatic heterocycles. The van der Waals surface area contributed by atoms with E-state index < -0.39 is 11.9 Å². The topological polar surface area (TPSA) is 81.7 Å². The molecule has 0 aliphatic carbocycles. The zero-order chi connectivity index (χ0) is 20.0. The Morgan fingerprint density at radius 1 is 0.889 bits per heavy atom. The molecule has 2 aromatic carbocycles. The van der Waals surface area contributed by atoms with E-state index in [2.05, 4.69) is 16.1 Å². The molecule has 1 N–H and O–H groups in total. The number of nitrogens with one attached hydrogen (secondary N) is 1. The first-order valence-electron chi connectivity index (χ1n) is 8.52. The lowest BCUT2D eigenvalue weighted by Crippen LogP contribution is -2.17. The number of benzene rings is 2. The summed E-state index contributed by atoms with van der Waals surface area (Å²) in [5.41, 5.74) is 4.05. The summed E-state index contributed by atoms with van der Waals surface area (Å²) in [6.07, 6.45) is 0.808. The van der Waals surface area contributed by atoms with E-state index in [4.69, 9.17) is 4.74 Å². The summed E-state index contributed by atoms with van der Waals surface area (Å²) in [6.45, 7) is 4.06. The Labute approximate surface area is 158 Å². The van der Waals surface area contributed by atoms with E-state index >= 15 is 0 Å². The molecule has 0 saturated heterocycles. The fourth-order valence-electron chi connectivity index (χ4n) is 2.61. The molecule has 2 aromatic rings. The highest BCUT2D eigenvalue weighted by Crippen LogP contribution is 2.20. The lowest BCUT2D eigenvalue weighted by Gasteiger charge is -2.12. The van der Waals surface area contributed by atoms with Crippen LogP contribution in [0, 0.1) is 13.8 Å². The molecule has 0 heterocycles. The first-order valence-corrected chi connectivity index (χ1v) is 8.52. The van der Waals surface area contributed by atoms with Gasteiger partial charge in [0.2, 0.25) is 5.91 Å². The van der Waals surface area contributed by atoms with Crippen LogP contribution in [0.5, 0.6) is 0 Å². The normalized spacial score (nSPS) is 10.2. The van der Waals surface area contributed by atoms with Crippen molar-refractivity contribution in [2.24, 2.45) is 0 Å². The van der Waals surface area contributed by atoms with Crippen LogP contribution in [0.1, 0.15) is 43.8 Å². The van der Waals surface area contributed by atoms with Gasteiger partial charge in [-0.2, -0.15) is 0 Å². The summed E-state index contributed by atoms with van der Waals surface area (Å²) in [5, 5.41) is 2.69. The molecule has 0 spiro atoms.